The summed E-state index contributed by atoms with van der Waals surface area (Å²) in [5.74, 6) is 0.471. The summed E-state index contributed by atoms with van der Waals surface area (Å²) in [6, 6.07) is 0. The van der Waals surface area contributed by atoms with E-state index in [1.54, 1.807) is 13.8 Å². The zero-order valence-electron chi connectivity index (χ0n) is 7.03. The van der Waals surface area contributed by atoms with E-state index in [1.807, 2.05) is 0 Å². The first-order valence-electron chi connectivity index (χ1n) is 4.01. The van der Waals surface area contributed by atoms with E-state index in [9.17, 15) is 8.78 Å². The second-order valence-corrected chi connectivity index (χ2v) is 4.02. The van der Waals surface area contributed by atoms with Gasteiger partial charge in [0.15, 0.2) is 0 Å². The Morgan fingerprint density at radius 1 is 1.45 bits per heavy atom. The molecule has 0 spiro atoms. The summed E-state index contributed by atoms with van der Waals surface area (Å²) in [4.78, 5) is 0. The number of alkyl halides is 2. The molecule has 0 radical (unpaired) electrons. The van der Waals surface area contributed by atoms with Crippen LogP contribution < -0.4 is 5.32 Å². The first kappa shape index (κ1) is 8.91. The van der Waals surface area contributed by atoms with Gasteiger partial charge in [0.05, 0.1) is 0 Å². The van der Waals surface area contributed by atoms with Crippen LogP contribution in [0.5, 0.6) is 0 Å². The Kier molecular flexibility index (Phi) is 2.47. The minimum atomic E-state index is -2.19. The van der Waals surface area contributed by atoms with E-state index >= 15 is 0 Å². The lowest BCUT2D eigenvalue weighted by Gasteiger charge is -2.34. The van der Waals surface area contributed by atoms with E-state index in [-0.39, 0.29) is 0 Å². The molecule has 11 heavy (non-hydrogen) atoms. The smallest absolute Gasteiger partial charge is 0.243 e. The zero-order valence-corrected chi connectivity index (χ0v) is 7.03. The van der Waals surface area contributed by atoms with E-state index in [1.165, 1.54) is 0 Å². The third-order valence-electron chi connectivity index (χ3n) is 2.27. The molecule has 1 rings (SSSR count). The van der Waals surface area contributed by atoms with Crippen molar-refractivity contribution in [2.24, 2.45) is 11.3 Å². The molecule has 0 bridgehead atoms. The lowest BCUT2D eigenvalue weighted by Crippen LogP contribution is -2.45. The molecule has 0 aromatic heterocycles. The van der Waals surface area contributed by atoms with E-state index in [4.69, 9.17) is 0 Å². The predicted octanol–water partition coefficient (Wildman–Crippen LogP) is 1.89. The van der Waals surface area contributed by atoms with Gasteiger partial charge in [-0.3, -0.25) is 0 Å². The van der Waals surface area contributed by atoms with Crippen molar-refractivity contribution in [3.8, 4) is 0 Å². The number of halogens is 2. The molecular formula is C8H15F2N. The fraction of sp³-hybridized carbons (Fsp3) is 1.00. The molecule has 1 aliphatic rings. The van der Waals surface area contributed by atoms with Gasteiger partial charge in [0.2, 0.25) is 6.43 Å². The first-order valence-corrected chi connectivity index (χ1v) is 4.01. The highest BCUT2D eigenvalue weighted by Crippen LogP contribution is 2.33. The van der Waals surface area contributed by atoms with E-state index < -0.39 is 11.8 Å². The van der Waals surface area contributed by atoms with Gasteiger partial charge in [-0.2, -0.15) is 0 Å². The highest BCUT2D eigenvalue weighted by molar-refractivity contribution is 4.82. The minimum Gasteiger partial charge on any atom is -0.316 e. The number of hydrogen-bond acceptors (Lipinski definition) is 1. The minimum absolute atomic E-state index is 0.471. The van der Waals surface area contributed by atoms with Crippen molar-refractivity contribution in [1.82, 2.24) is 5.32 Å². The summed E-state index contributed by atoms with van der Waals surface area (Å²) in [6.07, 6.45) is -1.56. The maximum Gasteiger partial charge on any atom is 0.243 e. The summed E-state index contributed by atoms with van der Waals surface area (Å²) < 4.78 is 24.6. The Morgan fingerprint density at radius 3 is 2.27 bits per heavy atom. The van der Waals surface area contributed by atoms with Gasteiger partial charge in [-0.25, -0.2) is 8.78 Å². The number of nitrogens with one attached hydrogen (secondary N) is 1. The van der Waals surface area contributed by atoms with Crippen LogP contribution in [-0.2, 0) is 0 Å². The SMILES string of the molecule is CC(C)(CC1CNC1)C(F)F. The Balaban J connectivity index is 2.32. The second kappa shape index (κ2) is 3.05. The molecule has 1 nitrogen and oxygen atoms in total. The van der Waals surface area contributed by atoms with Gasteiger partial charge in [0.25, 0.3) is 0 Å². The van der Waals surface area contributed by atoms with Crippen LogP contribution in [0.2, 0.25) is 0 Å². The van der Waals surface area contributed by atoms with Gasteiger partial charge in [-0.1, -0.05) is 13.8 Å². The Hall–Kier alpha value is -0.180. The van der Waals surface area contributed by atoms with Gasteiger partial charge < -0.3 is 5.32 Å². The van der Waals surface area contributed by atoms with Crippen LogP contribution in [0.4, 0.5) is 8.78 Å². The zero-order chi connectivity index (χ0) is 8.48. The highest BCUT2D eigenvalue weighted by atomic mass is 19.3. The average Bonchev–Trinajstić information content (AvgIpc) is 1.79. The lowest BCUT2D eigenvalue weighted by molar-refractivity contribution is -0.00188. The van der Waals surface area contributed by atoms with Crippen molar-refractivity contribution < 1.29 is 8.78 Å². The Morgan fingerprint density at radius 2 is 2.00 bits per heavy atom. The second-order valence-electron chi connectivity index (χ2n) is 4.02. The van der Waals surface area contributed by atoms with Crippen molar-refractivity contribution in [3.05, 3.63) is 0 Å². The first-order chi connectivity index (χ1) is 5.02. The molecule has 0 aromatic rings. The molecule has 1 saturated heterocycles. The molecule has 0 aliphatic carbocycles. The summed E-state index contributed by atoms with van der Waals surface area (Å²) in [6.45, 7) is 5.10. The van der Waals surface area contributed by atoms with Gasteiger partial charge >= 0.3 is 0 Å². The Bertz CT molecular complexity index is 130. The highest BCUT2D eigenvalue weighted by Gasteiger charge is 2.34. The van der Waals surface area contributed by atoms with E-state index in [0.717, 1.165) is 13.1 Å². The number of rotatable bonds is 3. The van der Waals surface area contributed by atoms with Crippen LogP contribution >= 0.6 is 0 Å². The molecule has 66 valence electrons. The standard InChI is InChI=1S/C8H15F2N/c1-8(2,7(9)10)3-6-4-11-5-6/h6-7,11H,3-5H2,1-2H3. The largest absolute Gasteiger partial charge is 0.316 e. The maximum atomic E-state index is 12.3. The van der Waals surface area contributed by atoms with Crippen LogP contribution in [0.1, 0.15) is 20.3 Å². The van der Waals surface area contributed by atoms with E-state index in [2.05, 4.69) is 5.32 Å². The predicted molar refractivity (Wildman–Crippen MR) is 40.8 cm³/mol. The van der Waals surface area contributed by atoms with Crippen LogP contribution in [-0.4, -0.2) is 19.5 Å². The number of hydrogen-bond donors (Lipinski definition) is 1. The van der Waals surface area contributed by atoms with Crippen molar-refractivity contribution in [1.29, 1.82) is 0 Å². The van der Waals surface area contributed by atoms with Crippen LogP contribution in [0, 0.1) is 11.3 Å². The van der Waals surface area contributed by atoms with Crippen molar-refractivity contribution >= 4 is 0 Å². The van der Waals surface area contributed by atoms with Crippen molar-refractivity contribution in [3.63, 3.8) is 0 Å². The van der Waals surface area contributed by atoms with Gasteiger partial charge in [0.1, 0.15) is 0 Å². The molecule has 3 heteroatoms. The summed E-state index contributed by atoms with van der Waals surface area (Å²) in [5, 5.41) is 3.08. The molecule has 1 aliphatic heterocycles. The third kappa shape index (κ3) is 2.12. The maximum absolute atomic E-state index is 12.3. The summed E-state index contributed by atoms with van der Waals surface area (Å²) in [7, 11) is 0. The molecule has 0 saturated carbocycles. The third-order valence-corrected chi connectivity index (χ3v) is 2.27. The van der Waals surface area contributed by atoms with Crippen molar-refractivity contribution in [2.45, 2.75) is 26.7 Å². The average molecular weight is 163 g/mol. The van der Waals surface area contributed by atoms with Crippen LogP contribution in [0.15, 0.2) is 0 Å². The van der Waals surface area contributed by atoms with Crippen LogP contribution in [0.3, 0.4) is 0 Å². The van der Waals surface area contributed by atoms with Gasteiger partial charge in [-0.05, 0) is 25.4 Å². The fourth-order valence-electron chi connectivity index (χ4n) is 1.33. The lowest BCUT2D eigenvalue weighted by atomic mass is 9.81. The summed E-state index contributed by atoms with van der Waals surface area (Å²) >= 11 is 0. The molecule has 1 fully saturated rings. The topological polar surface area (TPSA) is 12.0 Å². The molecule has 1 heterocycles. The normalized spacial score (nSPS) is 20.5. The van der Waals surface area contributed by atoms with Crippen LogP contribution in [0.25, 0.3) is 0 Å². The monoisotopic (exact) mass is 163 g/mol. The molecule has 0 unspecified atom stereocenters. The quantitative estimate of drug-likeness (QED) is 0.670. The molecule has 0 atom stereocenters. The molecule has 0 aromatic carbocycles. The van der Waals surface area contributed by atoms with Crippen molar-refractivity contribution in [2.75, 3.05) is 13.1 Å². The van der Waals surface area contributed by atoms with Gasteiger partial charge in [0, 0.05) is 5.41 Å². The molecule has 1 N–H and O–H groups in total. The Labute approximate surface area is 66.2 Å². The fourth-order valence-corrected chi connectivity index (χ4v) is 1.33. The van der Waals surface area contributed by atoms with E-state index in [0.29, 0.717) is 12.3 Å². The molecular weight excluding hydrogens is 148 g/mol. The summed E-state index contributed by atoms with van der Waals surface area (Å²) in [5.41, 5.74) is -0.799. The van der Waals surface area contributed by atoms with Gasteiger partial charge in [-0.15, -0.1) is 0 Å². The molecule has 0 amide bonds.